The van der Waals surface area contributed by atoms with E-state index in [0.29, 0.717) is 10.6 Å². The lowest BCUT2D eigenvalue weighted by atomic mass is 10.1. The smallest absolute Gasteiger partial charge is 0.277 e. The number of thiophene rings is 1. The highest BCUT2D eigenvalue weighted by molar-refractivity contribution is 7.91. The Kier molecular flexibility index (Phi) is 9.80. The van der Waals surface area contributed by atoms with Crippen molar-refractivity contribution in [1.82, 2.24) is 14.9 Å². The van der Waals surface area contributed by atoms with Crippen LogP contribution < -0.4 is 10.6 Å². The number of nitrogens with zero attached hydrogens (tertiary/aromatic N) is 1. The lowest BCUT2D eigenvalue weighted by Gasteiger charge is -2.14. The molecule has 0 radical (unpaired) electrons. The fourth-order valence-electron chi connectivity index (χ4n) is 3.30. The number of hydrogen-bond acceptors (Lipinski definition) is 5. The summed E-state index contributed by atoms with van der Waals surface area (Å²) in [5.41, 5.74) is 1.37. The third kappa shape index (κ3) is 7.48. The summed E-state index contributed by atoms with van der Waals surface area (Å²) in [6, 6.07) is 9.87. The van der Waals surface area contributed by atoms with E-state index in [1.54, 1.807) is 54.8 Å². The molecular formula is C25H30ClN3O3S2. The van der Waals surface area contributed by atoms with Gasteiger partial charge in [-0.3, -0.25) is 4.79 Å². The SMILES string of the molecule is CCCCCCCNC1=CC=CN(S(=O)(=O)c2ccc(CNC(=O)c3ccc(Cl)cc3)s2)C=C1. The van der Waals surface area contributed by atoms with Crippen LogP contribution in [0.15, 0.2) is 76.9 Å². The van der Waals surface area contributed by atoms with Gasteiger partial charge in [-0.25, -0.2) is 4.31 Å². The van der Waals surface area contributed by atoms with Gasteiger partial charge in [0.05, 0.1) is 6.54 Å². The number of rotatable bonds is 12. The first-order chi connectivity index (χ1) is 16.4. The van der Waals surface area contributed by atoms with Gasteiger partial charge in [0.2, 0.25) is 0 Å². The minimum absolute atomic E-state index is 0.213. The van der Waals surface area contributed by atoms with Gasteiger partial charge in [-0.2, -0.15) is 8.42 Å². The first kappa shape index (κ1) is 26.1. The van der Waals surface area contributed by atoms with Crippen LogP contribution in [0.1, 0.15) is 54.3 Å². The Morgan fingerprint density at radius 3 is 2.56 bits per heavy atom. The summed E-state index contributed by atoms with van der Waals surface area (Å²) in [5, 5.41) is 6.72. The molecule has 0 spiro atoms. The van der Waals surface area contributed by atoms with E-state index in [2.05, 4.69) is 17.6 Å². The molecule has 3 rings (SSSR count). The molecular weight excluding hydrogens is 490 g/mol. The maximum atomic E-state index is 13.1. The number of carbonyl (C=O) groups is 1. The maximum absolute atomic E-state index is 13.1. The Hall–Kier alpha value is -2.55. The van der Waals surface area contributed by atoms with Gasteiger partial charge in [0, 0.05) is 40.1 Å². The van der Waals surface area contributed by atoms with Gasteiger partial charge in [-0.1, -0.05) is 44.2 Å². The molecule has 0 saturated carbocycles. The second-order valence-corrected chi connectivity index (χ2v) is 11.5. The standard InChI is InChI=1S/C25H30ClN3O3S2/c1-2-3-4-5-6-16-27-22-8-7-17-29(18-15-22)34(31,32)24-14-13-23(33-24)19-28-25(30)20-9-11-21(26)12-10-20/h7-15,17-18,27H,2-6,16,19H2,1H3,(H,28,30). The minimum Gasteiger partial charge on any atom is -0.385 e. The summed E-state index contributed by atoms with van der Waals surface area (Å²) in [7, 11) is -3.73. The first-order valence-corrected chi connectivity index (χ1v) is 14.0. The number of sulfonamides is 1. The van der Waals surface area contributed by atoms with Gasteiger partial charge in [0.25, 0.3) is 15.9 Å². The van der Waals surface area contributed by atoms with Crippen molar-refractivity contribution in [3.63, 3.8) is 0 Å². The first-order valence-electron chi connectivity index (χ1n) is 11.4. The van der Waals surface area contributed by atoms with Crippen molar-refractivity contribution < 1.29 is 13.2 Å². The summed E-state index contributed by atoms with van der Waals surface area (Å²) in [4.78, 5) is 13.0. The summed E-state index contributed by atoms with van der Waals surface area (Å²) < 4.78 is 27.6. The molecule has 1 aromatic carbocycles. The van der Waals surface area contributed by atoms with Gasteiger partial charge >= 0.3 is 0 Å². The van der Waals surface area contributed by atoms with Gasteiger partial charge < -0.3 is 10.6 Å². The number of benzene rings is 1. The monoisotopic (exact) mass is 519 g/mol. The topological polar surface area (TPSA) is 78.5 Å². The molecule has 0 fully saturated rings. The second-order valence-electron chi connectivity index (χ2n) is 7.87. The highest BCUT2D eigenvalue weighted by Gasteiger charge is 2.22. The molecule has 0 bridgehead atoms. The molecule has 6 nitrogen and oxygen atoms in total. The van der Waals surface area contributed by atoms with Crippen LogP contribution in [0.25, 0.3) is 0 Å². The number of halogens is 1. The Bertz CT molecular complexity index is 1150. The highest BCUT2D eigenvalue weighted by atomic mass is 35.5. The Morgan fingerprint density at radius 2 is 1.79 bits per heavy atom. The third-order valence-electron chi connectivity index (χ3n) is 5.22. The molecule has 0 saturated heterocycles. The van der Waals surface area contributed by atoms with E-state index in [9.17, 15) is 13.2 Å². The molecule has 0 atom stereocenters. The molecule has 2 aromatic rings. The van der Waals surface area contributed by atoms with Crippen LogP contribution in [0, 0.1) is 0 Å². The van der Waals surface area contributed by atoms with Crippen molar-refractivity contribution in [2.24, 2.45) is 0 Å². The van der Waals surface area contributed by atoms with E-state index in [4.69, 9.17) is 11.6 Å². The fraction of sp³-hybridized carbons (Fsp3) is 0.320. The minimum atomic E-state index is -3.73. The predicted molar refractivity (Wildman–Crippen MR) is 139 cm³/mol. The van der Waals surface area contributed by atoms with Gasteiger partial charge in [-0.15, -0.1) is 11.3 Å². The molecule has 1 aromatic heterocycles. The van der Waals surface area contributed by atoms with Crippen LogP contribution in [0.3, 0.4) is 0 Å². The van der Waals surface area contributed by atoms with E-state index in [1.807, 2.05) is 6.08 Å². The average Bonchev–Trinajstić information content (AvgIpc) is 3.19. The van der Waals surface area contributed by atoms with Crippen molar-refractivity contribution in [2.45, 2.75) is 49.8 Å². The summed E-state index contributed by atoms with van der Waals surface area (Å²) in [6.07, 6.45) is 14.4. The average molecular weight is 520 g/mol. The summed E-state index contributed by atoms with van der Waals surface area (Å²) in [6.45, 7) is 3.29. The van der Waals surface area contributed by atoms with Gasteiger partial charge in [-0.05, 0) is 61.0 Å². The number of hydrogen-bond donors (Lipinski definition) is 2. The number of nitrogens with one attached hydrogen (secondary N) is 2. The van der Waals surface area contributed by atoms with Crippen molar-refractivity contribution in [3.05, 3.63) is 88.2 Å². The summed E-state index contributed by atoms with van der Waals surface area (Å²) in [5.74, 6) is -0.246. The Balaban J connectivity index is 1.54. The van der Waals surface area contributed by atoms with Gasteiger partial charge in [0.15, 0.2) is 0 Å². The normalized spacial score (nSPS) is 13.5. The van der Waals surface area contributed by atoms with Crippen LogP contribution in [0.5, 0.6) is 0 Å². The van der Waals surface area contributed by atoms with Crippen LogP contribution in [0.2, 0.25) is 5.02 Å². The largest absolute Gasteiger partial charge is 0.385 e. The Morgan fingerprint density at radius 1 is 1.03 bits per heavy atom. The summed E-state index contributed by atoms with van der Waals surface area (Å²) >= 11 is 6.99. The molecule has 2 heterocycles. The van der Waals surface area contributed by atoms with Crippen molar-refractivity contribution in [3.8, 4) is 0 Å². The van der Waals surface area contributed by atoms with Crippen molar-refractivity contribution >= 4 is 38.9 Å². The van der Waals surface area contributed by atoms with Crippen LogP contribution >= 0.6 is 22.9 Å². The molecule has 34 heavy (non-hydrogen) atoms. The molecule has 182 valence electrons. The molecule has 9 heteroatoms. The Labute approximate surface area is 211 Å². The van der Waals surface area contributed by atoms with E-state index >= 15 is 0 Å². The predicted octanol–water partition coefficient (Wildman–Crippen LogP) is 5.81. The fourth-order valence-corrected chi connectivity index (χ4v) is 6.00. The van der Waals surface area contributed by atoms with Crippen molar-refractivity contribution in [1.29, 1.82) is 0 Å². The van der Waals surface area contributed by atoms with Crippen LogP contribution in [-0.2, 0) is 16.6 Å². The van der Waals surface area contributed by atoms with E-state index in [1.165, 1.54) is 36.2 Å². The zero-order chi connectivity index (χ0) is 24.4. The van der Waals surface area contributed by atoms with Crippen LogP contribution in [-0.4, -0.2) is 25.2 Å². The quantitative estimate of drug-likeness (QED) is 0.347. The zero-order valence-electron chi connectivity index (χ0n) is 19.2. The highest BCUT2D eigenvalue weighted by Crippen LogP contribution is 2.26. The van der Waals surface area contributed by atoms with E-state index < -0.39 is 10.0 Å². The molecule has 1 aliphatic heterocycles. The number of unbranched alkanes of at least 4 members (excludes halogenated alkanes) is 4. The molecule has 0 aliphatic carbocycles. The maximum Gasteiger partial charge on any atom is 0.277 e. The molecule has 1 amide bonds. The number of carbonyl (C=O) groups excluding carboxylic acids is 1. The second kappa shape index (κ2) is 12.8. The van der Waals surface area contributed by atoms with Gasteiger partial charge in [0.1, 0.15) is 4.21 Å². The van der Waals surface area contributed by atoms with E-state index in [-0.39, 0.29) is 16.7 Å². The third-order valence-corrected chi connectivity index (χ3v) is 8.67. The van der Waals surface area contributed by atoms with E-state index in [0.717, 1.165) is 34.9 Å². The lowest BCUT2D eigenvalue weighted by Crippen LogP contribution is -2.22. The van der Waals surface area contributed by atoms with Crippen LogP contribution in [0.4, 0.5) is 0 Å². The lowest BCUT2D eigenvalue weighted by molar-refractivity contribution is 0.0951. The number of allylic oxidation sites excluding steroid dienone is 3. The molecule has 1 aliphatic rings. The molecule has 0 unspecified atom stereocenters. The van der Waals surface area contributed by atoms with Crippen molar-refractivity contribution in [2.75, 3.05) is 6.54 Å². The molecule has 2 N–H and O–H groups in total. The zero-order valence-corrected chi connectivity index (χ0v) is 21.6. The number of amides is 1.